The third kappa shape index (κ3) is 5.92. The van der Waals surface area contributed by atoms with Gasteiger partial charge in [-0.05, 0) is 66.9 Å². The Kier molecular flexibility index (Phi) is 7.42. The number of amides is 1. The SMILES string of the molecule is O=C(c1cc(F)ccc1F)C1CCN(C(=O)/C=C/c2ccc(OCc3ccccn3)cc2)CC1. The second-order valence-corrected chi connectivity index (χ2v) is 8.10. The van der Waals surface area contributed by atoms with Crippen LogP contribution in [0.1, 0.15) is 34.5 Å². The summed E-state index contributed by atoms with van der Waals surface area (Å²) in [5.41, 5.74) is 1.46. The molecule has 0 atom stereocenters. The predicted octanol–water partition coefficient (Wildman–Crippen LogP) is 5.07. The molecule has 0 saturated carbocycles. The molecular formula is C27H24F2N2O3. The summed E-state index contributed by atoms with van der Waals surface area (Å²) in [6.07, 6.45) is 5.77. The maximum atomic E-state index is 13.9. The minimum absolute atomic E-state index is 0.154. The van der Waals surface area contributed by atoms with Crippen molar-refractivity contribution in [2.75, 3.05) is 13.1 Å². The lowest BCUT2D eigenvalue weighted by molar-refractivity contribution is -0.127. The topological polar surface area (TPSA) is 59.5 Å². The molecule has 1 amide bonds. The van der Waals surface area contributed by atoms with Crippen molar-refractivity contribution in [2.24, 2.45) is 5.92 Å². The lowest BCUT2D eigenvalue weighted by Gasteiger charge is -2.30. The molecule has 2 heterocycles. The normalized spacial score (nSPS) is 14.4. The fourth-order valence-electron chi connectivity index (χ4n) is 3.86. The molecule has 2 aromatic carbocycles. The number of halogens is 2. The lowest BCUT2D eigenvalue weighted by Crippen LogP contribution is -2.39. The summed E-state index contributed by atoms with van der Waals surface area (Å²) in [6, 6.07) is 15.9. The molecule has 1 aliphatic heterocycles. The Hall–Kier alpha value is -3.87. The van der Waals surface area contributed by atoms with Gasteiger partial charge < -0.3 is 9.64 Å². The molecule has 7 heteroatoms. The number of likely N-dealkylation sites (tertiary alicyclic amines) is 1. The van der Waals surface area contributed by atoms with E-state index in [-0.39, 0.29) is 11.5 Å². The standard InChI is InChI=1S/C27H24F2N2O3/c28-21-7-10-25(29)24(17-21)27(33)20-12-15-31(16-13-20)26(32)11-6-19-4-8-23(9-5-19)34-18-22-3-1-2-14-30-22/h1-11,14,17,20H,12-13,15-16,18H2/b11-6+. The van der Waals surface area contributed by atoms with Gasteiger partial charge in [-0.2, -0.15) is 0 Å². The van der Waals surface area contributed by atoms with Crippen molar-refractivity contribution in [3.8, 4) is 5.75 Å². The zero-order valence-corrected chi connectivity index (χ0v) is 18.5. The van der Waals surface area contributed by atoms with Crippen LogP contribution < -0.4 is 4.74 Å². The van der Waals surface area contributed by atoms with E-state index >= 15 is 0 Å². The van der Waals surface area contributed by atoms with E-state index in [4.69, 9.17) is 4.74 Å². The molecular weight excluding hydrogens is 438 g/mol. The molecule has 0 unspecified atom stereocenters. The van der Waals surface area contributed by atoms with Crippen molar-refractivity contribution in [3.63, 3.8) is 0 Å². The van der Waals surface area contributed by atoms with Crippen LogP contribution in [-0.4, -0.2) is 34.7 Å². The van der Waals surface area contributed by atoms with Gasteiger partial charge in [0.15, 0.2) is 5.78 Å². The van der Waals surface area contributed by atoms with E-state index in [9.17, 15) is 18.4 Å². The zero-order chi connectivity index (χ0) is 23.9. The molecule has 1 aliphatic rings. The van der Waals surface area contributed by atoms with E-state index in [1.54, 1.807) is 17.2 Å². The molecule has 0 bridgehead atoms. The van der Waals surface area contributed by atoms with Gasteiger partial charge in [0, 0.05) is 31.3 Å². The number of carbonyl (C=O) groups excluding carboxylic acids is 2. The average Bonchev–Trinajstić information content (AvgIpc) is 2.88. The Labute approximate surface area is 196 Å². The van der Waals surface area contributed by atoms with Crippen LogP contribution in [0.15, 0.2) is 72.9 Å². The molecule has 1 fully saturated rings. The second kappa shape index (κ2) is 10.8. The number of piperidine rings is 1. The highest BCUT2D eigenvalue weighted by Crippen LogP contribution is 2.24. The van der Waals surface area contributed by atoms with Gasteiger partial charge in [0.05, 0.1) is 11.3 Å². The van der Waals surface area contributed by atoms with Crippen LogP contribution in [0.25, 0.3) is 6.08 Å². The summed E-state index contributed by atoms with van der Waals surface area (Å²) >= 11 is 0. The highest BCUT2D eigenvalue weighted by molar-refractivity contribution is 5.98. The number of aromatic nitrogens is 1. The predicted molar refractivity (Wildman–Crippen MR) is 124 cm³/mol. The number of carbonyl (C=O) groups is 2. The molecule has 0 N–H and O–H groups in total. The molecule has 174 valence electrons. The molecule has 3 aromatic rings. The van der Waals surface area contributed by atoms with Crippen molar-refractivity contribution in [3.05, 3.63) is 101 Å². The van der Waals surface area contributed by atoms with E-state index in [2.05, 4.69) is 4.98 Å². The lowest BCUT2D eigenvalue weighted by atomic mass is 9.88. The number of Topliss-reactive ketones (excluding diaryl/α,β-unsaturated/α-hetero) is 1. The Bertz CT molecular complexity index is 1170. The molecule has 4 rings (SSSR count). The van der Waals surface area contributed by atoms with Crippen LogP contribution in [0.3, 0.4) is 0 Å². The smallest absolute Gasteiger partial charge is 0.246 e. The van der Waals surface area contributed by atoms with Crippen molar-refractivity contribution >= 4 is 17.8 Å². The van der Waals surface area contributed by atoms with Gasteiger partial charge in [0.1, 0.15) is 24.0 Å². The van der Waals surface area contributed by atoms with Gasteiger partial charge in [-0.3, -0.25) is 14.6 Å². The first-order valence-electron chi connectivity index (χ1n) is 11.1. The van der Waals surface area contributed by atoms with Gasteiger partial charge in [-0.15, -0.1) is 0 Å². The van der Waals surface area contributed by atoms with Crippen LogP contribution in [0, 0.1) is 17.6 Å². The number of rotatable bonds is 7. The summed E-state index contributed by atoms with van der Waals surface area (Å²) in [7, 11) is 0. The molecule has 34 heavy (non-hydrogen) atoms. The third-order valence-corrected chi connectivity index (χ3v) is 5.78. The van der Waals surface area contributed by atoms with Crippen LogP contribution >= 0.6 is 0 Å². The summed E-state index contributed by atoms with van der Waals surface area (Å²) in [4.78, 5) is 31.0. The van der Waals surface area contributed by atoms with E-state index in [1.807, 2.05) is 42.5 Å². The number of ketones is 1. The van der Waals surface area contributed by atoms with Crippen molar-refractivity contribution in [1.82, 2.24) is 9.88 Å². The summed E-state index contributed by atoms with van der Waals surface area (Å²) in [6.45, 7) is 1.15. The second-order valence-electron chi connectivity index (χ2n) is 8.10. The van der Waals surface area contributed by atoms with Gasteiger partial charge in [-0.25, -0.2) is 8.78 Å². The van der Waals surface area contributed by atoms with E-state index in [0.29, 0.717) is 38.3 Å². The van der Waals surface area contributed by atoms with Crippen LogP contribution in [0.5, 0.6) is 5.75 Å². The van der Waals surface area contributed by atoms with E-state index in [0.717, 1.165) is 29.5 Å². The first-order chi connectivity index (χ1) is 16.5. The van der Waals surface area contributed by atoms with Gasteiger partial charge in [-0.1, -0.05) is 18.2 Å². The highest BCUT2D eigenvalue weighted by atomic mass is 19.1. The number of nitrogens with zero attached hydrogens (tertiary/aromatic N) is 2. The molecule has 1 aromatic heterocycles. The minimum atomic E-state index is -0.721. The molecule has 0 aliphatic carbocycles. The number of hydrogen-bond donors (Lipinski definition) is 0. The Morgan fingerprint density at radius 1 is 1.03 bits per heavy atom. The number of ether oxygens (including phenoxy) is 1. The highest BCUT2D eigenvalue weighted by Gasteiger charge is 2.28. The fourth-order valence-corrected chi connectivity index (χ4v) is 3.86. The summed E-state index contributed by atoms with van der Waals surface area (Å²) in [5.74, 6) is -1.65. The van der Waals surface area contributed by atoms with Crippen molar-refractivity contribution in [1.29, 1.82) is 0 Å². The van der Waals surface area contributed by atoms with Crippen LogP contribution in [0.2, 0.25) is 0 Å². The zero-order valence-electron chi connectivity index (χ0n) is 18.5. The fraction of sp³-hybridized carbons (Fsp3) is 0.222. The first kappa shape index (κ1) is 23.3. The molecule has 5 nitrogen and oxygen atoms in total. The Morgan fingerprint density at radius 3 is 2.50 bits per heavy atom. The number of hydrogen-bond acceptors (Lipinski definition) is 4. The Morgan fingerprint density at radius 2 is 1.79 bits per heavy atom. The van der Waals surface area contributed by atoms with Crippen molar-refractivity contribution < 1.29 is 23.1 Å². The van der Waals surface area contributed by atoms with Crippen molar-refractivity contribution in [2.45, 2.75) is 19.4 Å². The molecule has 0 radical (unpaired) electrons. The third-order valence-electron chi connectivity index (χ3n) is 5.78. The Balaban J connectivity index is 1.27. The molecule has 1 saturated heterocycles. The van der Waals surface area contributed by atoms with Crippen LogP contribution in [-0.2, 0) is 11.4 Å². The van der Waals surface area contributed by atoms with Gasteiger partial charge in [0.2, 0.25) is 5.91 Å². The van der Waals surface area contributed by atoms with Crippen LogP contribution in [0.4, 0.5) is 8.78 Å². The summed E-state index contributed by atoms with van der Waals surface area (Å²) in [5, 5.41) is 0. The minimum Gasteiger partial charge on any atom is -0.487 e. The average molecular weight is 462 g/mol. The van der Waals surface area contributed by atoms with E-state index in [1.165, 1.54) is 6.08 Å². The quantitative estimate of drug-likeness (QED) is 0.363. The molecule has 0 spiro atoms. The number of benzene rings is 2. The number of pyridine rings is 1. The van der Waals surface area contributed by atoms with Gasteiger partial charge >= 0.3 is 0 Å². The first-order valence-corrected chi connectivity index (χ1v) is 11.1. The largest absolute Gasteiger partial charge is 0.487 e. The van der Waals surface area contributed by atoms with E-state index < -0.39 is 23.3 Å². The maximum absolute atomic E-state index is 13.9. The monoisotopic (exact) mass is 462 g/mol. The van der Waals surface area contributed by atoms with Gasteiger partial charge in [0.25, 0.3) is 0 Å². The summed E-state index contributed by atoms with van der Waals surface area (Å²) < 4.78 is 33.0. The maximum Gasteiger partial charge on any atom is 0.246 e.